The summed E-state index contributed by atoms with van der Waals surface area (Å²) in [6.45, 7) is 2.01. The average molecular weight is 467 g/mol. The fourth-order valence-corrected chi connectivity index (χ4v) is 4.14. The van der Waals surface area contributed by atoms with E-state index in [-0.39, 0.29) is 5.95 Å². The summed E-state index contributed by atoms with van der Waals surface area (Å²) in [5.74, 6) is 2.25. The Kier molecular flexibility index (Phi) is 6.22. The summed E-state index contributed by atoms with van der Waals surface area (Å²) in [7, 11) is 0. The number of nitrogens with two attached hydrogens (primary N) is 1. The Bertz CT molecular complexity index is 1350. The second-order valence-electron chi connectivity index (χ2n) is 7.55. The Morgan fingerprint density at radius 3 is 2.21 bits per heavy atom. The van der Waals surface area contributed by atoms with Crippen LogP contribution in [0.3, 0.4) is 0 Å². The number of para-hydroxylation sites is 1. The predicted octanol–water partition coefficient (Wildman–Crippen LogP) is 6.12. The van der Waals surface area contributed by atoms with Gasteiger partial charge < -0.3 is 15.5 Å². The minimum absolute atomic E-state index is 0.157. The summed E-state index contributed by atoms with van der Waals surface area (Å²) in [5.41, 5.74) is 10.7. The molecular formula is C26H22N6OS. The van der Waals surface area contributed by atoms with Crippen LogP contribution in [-0.4, -0.2) is 19.9 Å². The molecule has 0 aliphatic heterocycles. The molecule has 2 heterocycles. The molecule has 2 aromatic heterocycles. The molecule has 0 radical (unpaired) electrons. The molecule has 3 aromatic carbocycles. The number of nitrogen functional groups attached to an aromatic ring is 1. The normalized spacial score (nSPS) is 10.9. The van der Waals surface area contributed by atoms with Crippen LogP contribution in [0, 0.1) is 6.92 Å². The Morgan fingerprint density at radius 2 is 1.47 bits per heavy atom. The molecule has 7 nitrogen and oxygen atoms in total. The molecule has 0 fully saturated rings. The van der Waals surface area contributed by atoms with Crippen LogP contribution >= 0.6 is 11.8 Å². The number of aryl methyl sites for hydroxylation is 1. The molecule has 0 amide bonds. The Hall–Kier alpha value is -4.17. The van der Waals surface area contributed by atoms with Crippen molar-refractivity contribution in [2.75, 3.05) is 11.1 Å². The molecule has 34 heavy (non-hydrogen) atoms. The predicted molar refractivity (Wildman–Crippen MR) is 136 cm³/mol. The van der Waals surface area contributed by atoms with E-state index in [2.05, 4.69) is 20.3 Å². The molecule has 0 atom stereocenters. The Morgan fingerprint density at radius 1 is 0.794 bits per heavy atom. The van der Waals surface area contributed by atoms with Crippen molar-refractivity contribution >= 4 is 29.3 Å². The largest absolute Gasteiger partial charge is 0.431 e. The number of rotatable bonds is 7. The van der Waals surface area contributed by atoms with E-state index in [0.717, 1.165) is 33.8 Å². The van der Waals surface area contributed by atoms with E-state index in [1.54, 1.807) is 0 Å². The first-order valence-corrected chi connectivity index (χ1v) is 11.7. The van der Waals surface area contributed by atoms with Gasteiger partial charge in [0.2, 0.25) is 11.9 Å². The van der Waals surface area contributed by atoms with E-state index in [1.165, 1.54) is 11.8 Å². The minimum atomic E-state index is 0.157. The third kappa shape index (κ3) is 4.92. The lowest BCUT2D eigenvalue weighted by atomic mass is 10.1. The monoisotopic (exact) mass is 466 g/mol. The van der Waals surface area contributed by atoms with Gasteiger partial charge in [0, 0.05) is 16.8 Å². The second-order valence-corrected chi connectivity index (χ2v) is 8.48. The van der Waals surface area contributed by atoms with Crippen LogP contribution in [0.25, 0.3) is 22.6 Å². The molecular weight excluding hydrogens is 444 g/mol. The zero-order valence-corrected chi connectivity index (χ0v) is 19.3. The minimum Gasteiger partial charge on any atom is -0.431 e. The molecule has 8 heteroatoms. The van der Waals surface area contributed by atoms with Gasteiger partial charge in [0.05, 0.1) is 5.75 Å². The van der Waals surface area contributed by atoms with Crippen LogP contribution < -0.4 is 11.1 Å². The molecule has 5 aromatic rings. The molecule has 3 N–H and O–H groups in total. The lowest BCUT2D eigenvalue weighted by molar-refractivity contribution is 0.466. The molecule has 0 saturated heterocycles. The number of nitrogens with one attached hydrogen (secondary N) is 1. The van der Waals surface area contributed by atoms with Crippen LogP contribution in [0.4, 0.5) is 17.6 Å². The van der Waals surface area contributed by atoms with Crippen LogP contribution in [-0.2, 0) is 5.75 Å². The third-order valence-corrected chi connectivity index (χ3v) is 5.93. The highest BCUT2D eigenvalue weighted by molar-refractivity contribution is 7.98. The van der Waals surface area contributed by atoms with Gasteiger partial charge >= 0.3 is 0 Å². The summed E-state index contributed by atoms with van der Waals surface area (Å²) < 4.78 is 6.18. The van der Waals surface area contributed by atoms with Gasteiger partial charge in [-0.3, -0.25) is 0 Å². The van der Waals surface area contributed by atoms with Gasteiger partial charge in [0.15, 0.2) is 5.76 Å². The lowest BCUT2D eigenvalue weighted by Crippen LogP contribution is -2.07. The zero-order valence-electron chi connectivity index (χ0n) is 18.5. The maximum absolute atomic E-state index is 6.18. The first-order valence-electron chi connectivity index (χ1n) is 10.7. The quantitative estimate of drug-likeness (QED) is 0.277. The number of anilines is 3. The number of hydrogen-bond donors (Lipinski definition) is 2. The number of nitrogens with zero attached hydrogens (tertiary/aromatic N) is 4. The van der Waals surface area contributed by atoms with E-state index < -0.39 is 0 Å². The van der Waals surface area contributed by atoms with Crippen molar-refractivity contribution in [3.8, 4) is 22.6 Å². The summed E-state index contributed by atoms with van der Waals surface area (Å²) in [5, 5.41) is 3.75. The fraction of sp³-hybridized carbons (Fsp3) is 0.0769. The van der Waals surface area contributed by atoms with Gasteiger partial charge in [-0.15, -0.1) is 0 Å². The van der Waals surface area contributed by atoms with Crippen LogP contribution in [0.15, 0.2) is 94.6 Å². The SMILES string of the molecule is Cc1ccccc1Nc1nc(N)nc(CSc2nc(-c3ccccc3)c(-c3ccccc3)o2)n1. The first-order chi connectivity index (χ1) is 16.7. The standard InChI is InChI=1S/C26H22N6OS/c1-17-10-8-9-15-20(17)28-25-30-21(29-24(27)32-25)16-34-26-31-22(18-11-4-2-5-12-18)23(33-26)19-13-6-3-7-14-19/h2-15H,16H2,1H3,(H3,27,28,29,30,32). The molecule has 168 valence electrons. The van der Waals surface area contributed by atoms with E-state index in [1.807, 2.05) is 91.9 Å². The number of oxazole rings is 1. The summed E-state index contributed by atoms with van der Waals surface area (Å²) in [6, 6.07) is 27.9. The average Bonchev–Trinajstić information content (AvgIpc) is 3.29. The van der Waals surface area contributed by atoms with Gasteiger partial charge in [-0.05, 0) is 18.6 Å². The van der Waals surface area contributed by atoms with E-state index in [9.17, 15) is 0 Å². The van der Waals surface area contributed by atoms with E-state index in [4.69, 9.17) is 15.1 Å². The number of aromatic nitrogens is 4. The van der Waals surface area contributed by atoms with Gasteiger partial charge in [0.25, 0.3) is 5.22 Å². The topological polar surface area (TPSA) is 103 Å². The second kappa shape index (κ2) is 9.76. The highest BCUT2D eigenvalue weighted by atomic mass is 32.2. The summed E-state index contributed by atoms with van der Waals surface area (Å²) in [6.07, 6.45) is 0. The fourth-order valence-electron chi connectivity index (χ4n) is 3.46. The molecule has 0 unspecified atom stereocenters. The maximum Gasteiger partial charge on any atom is 0.257 e. The number of hydrogen-bond acceptors (Lipinski definition) is 8. The van der Waals surface area contributed by atoms with Gasteiger partial charge in [-0.2, -0.15) is 15.0 Å². The number of benzene rings is 3. The van der Waals surface area contributed by atoms with Crippen molar-refractivity contribution in [3.05, 3.63) is 96.3 Å². The van der Waals surface area contributed by atoms with Crippen molar-refractivity contribution in [1.82, 2.24) is 19.9 Å². The van der Waals surface area contributed by atoms with Gasteiger partial charge in [-0.1, -0.05) is 90.6 Å². The van der Waals surface area contributed by atoms with Crippen LogP contribution in [0.2, 0.25) is 0 Å². The first kappa shape index (κ1) is 21.7. The van der Waals surface area contributed by atoms with E-state index in [0.29, 0.717) is 22.7 Å². The molecule has 0 aliphatic rings. The van der Waals surface area contributed by atoms with Crippen LogP contribution in [0.5, 0.6) is 0 Å². The molecule has 0 saturated carbocycles. The van der Waals surface area contributed by atoms with Crippen LogP contribution in [0.1, 0.15) is 11.4 Å². The Labute approximate surface area is 201 Å². The number of thioether (sulfide) groups is 1. The Balaban J connectivity index is 1.40. The molecule has 0 bridgehead atoms. The highest BCUT2D eigenvalue weighted by Crippen LogP contribution is 2.36. The van der Waals surface area contributed by atoms with Crippen molar-refractivity contribution in [1.29, 1.82) is 0 Å². The maximum atomic E-state index is 6.18. The molecule has 0 aliphatic carbocycles. The third-order valence-electron chi connectivity index (χ3n) is 5.11. The summed E-state index contributed by atoms with van der Waals surface area (Å²) >= 11 is 1.41. The van der Waals surface area contributed by atoms with E-state index >= 15 is 0 Å². The van der Waals surface area contributed by atoms with Gasteiger partial charge in [-0.25, -0.2) is 4.98 Å². The lowest BCUT2D eigenvalue weighted by Gasteiger charge is -2.09. The van der Waals surface area contributed by atoms with Crippen molar-refractivity contribution in [3.63, 3.8) is 0 Å². The van der Waals surface area contributed by atoms with Gasteiger partial charge in [0.1, 0.15) is 11.5 Å². The highest BCUT2D eigenvalue weighted by Gasteiger charge is 2.18. The van der Waals surface area contributed by atoms with Crippen molar-refractivity contribution in [2.24, 2.45) is 0 Å². The summed E-state index contributed by atoms with van der Waals surface area (Å²) in [4.78, 5) is 17.8. The van der Waals surface area contributed by atoms with Crippen molar-refractivity contribution in [2.45, 2.75) is 17.9 Å². The smallest absolute Gasteiger partial charge is 0.257 e. The zero-order chi connectivity index (χ0) is 23.3. The van der Waals surface area contributed by atoms with Crippen molar-refractivity contribution < 1.29 is 4.42 Å². The molecule has 5 rings (SSSR count). The molecule has 0 spiro atoms.